The van der Waals surface area contributed by atoms with Crippen LogP contribution in [0.3, 0.4) is 0 Å². The van der Waals surface area contributed by atoms with Crippen molar-refractivity contribution in [2.24, 2.45) is 5.73 Å². The minimum Gasteiger partial charge on any atom is -0.423 e. The summed E-state index contributed by atoms with van der Waals surface area (Å²) in [6, 6.07) is 56.2. The molecule has 97 heavy (non-hydrogen) atoms. The zero-order valence-corrected chi connectivity index (χ0v) is 64.6. The van der Waals surface area contributed by atoms with Gasteiger partial charge in [0.2, 0.25) is 0 Å². The summed E-state index contributed by atoms with van der Waals surface area (Å²) < 4.78 is 8.10. The normalized spacial score (nSPS) is 11.2. The van der Waals surface area contributed by atoms with Gasteiger partial charge in [-0.15, -0.1) is 45.3 Å². The molecule has 0 unspecified atom stereocenters. The van der Waals surface area contributed by atoms with Crippen LogP contribution in [0.4, 0.5) is 34.6 Å². The predicted octanol–water partition coefficient (Wildman–Crippen LogP) is 17.8. The van der Waals surface area contributed by atoms with Gasteiger partial charge in [0.15, 0.2) is 0 Å². The highest BCUT2D eigenvalue weighted by Gasteiger charge is 2.19. The Morgan fingerprint density at radius 2 is 0.784 bits per heavy atom. The minimum absolute atomic E-state index is 0.00159. The van der Waals surface area contributed by atoms with Crippen molar-refractivity contribution in [2.45, 2.75) is 98.2 Å². The number of fused-ring (bicyclic) bond motifs is 4. The van der Waals surface area contributed by atoms with E-state index >= 15 is 0 Å². The van der Waals surface area contributed by atoms with E-state index < -0.39 is 7.12 Å². The van der Waals surface area contributed by atoms with Crippen LogP contribution in [0.25, 0.3) is 72.2 Å². The number of hydrogen-bond acceptors (Lipinski definition) is 20. The molecular formula is C73H87BBr2IN11O5S4. The van der Waals surface area contributed by atoms with Crippen LogP contribution in [0.2, 0.25) is 0 Å². The summed E-state index contributed by atoms with van der Waals surface area (Å²) in [6.45, 7) is 21.8. The number of anilines is 6. The molecule has 0 aliphatic carbocycles. The summed E-state index contributed by atoms with van der Waals surface area (Å²) in [4.78, 5) is 22.2. The summed E-state index contributed by atoms with van der Waals surface area (Å²) in [5.41, 5.74) is 21.0. The summed E-state index contributed by atoms with van der Waals surface area (Å²) in [5.74, 6) is 3.19. The van der Waals surface area contributed by atoms with Crippen molar-refractivity contribution < 1.29 is 25.4 Å². The second kappa shape index (κ2) is 37.7. The quantitative estimate of drug-likeness (QED) is 0.0230. The molecule has 8 heterocycles. The minimum atomic E-state index is -1.34. The van der Waals surface area contributed by atoms with Crippen molar-refractivity contribution in [1.29, 1.82) is 0 Å². The van der Waals surface area contributed by atoms with Gasteiger partial charge < -0.3 is 63.4 Å². The second-order valence-corrected chi connectivity index (χ2v) is 33.1. The highest BCUT2D eigenvalue weighted by Crippen LogP contribution is 2.41. The predicted molar refractivity (Wildman–Crippen MR) is 435 cm³/mol. The molecular weight excluding hydrogens is 1540 g/mol. The molecule has 8 aromatic heterocycles. The van der Waals surface area contributed by atoms with Gasteiger partial charge in [0.1, 0.15) is 23.3 Å². The average Bonchev–Trinajstić information content (AvgIpc) is 1.69. The SMILES string of the molecule is CC(C)(C)Nc1cc(Br)c2sc(-c3ccccc3)cc2n1.CC(C)(C)Nc1cc(Br)c2sc(I)cc2n1.CC(C)(C)Nc1cc(NCCCO)c2sc(-c3ccccc3)cc2n1.NCCCO.Nc1cc(NCCCO)c2sc(-c3ccccc3)cc2n1.OB(O)c1ccccc1. The molecule has 24 heteroatoms. The first-order chi connectivity index (χ1) is 46.2. The van der Waals surface area contributed by atoms with Crippen molar-refractivity contribution in [3.8, 4) is 31.3 Å². The Kier molecular flexibility index (Phi) is 30.3. The standard InChI is InChI=1S/C20H25N3OS.C17H17BrN2S.C16H17N3OS.C11H12BrIN2S.C6H7BO2.C3H9NO/c1-20(2,3)23-18-13-15(21-10-7-11-24)19-16(22-18)12-17(25-19)14-8-5-4-6-9-14;1-17(2,3)20-15-9-12(18)16-13(19-15)10-14(21-16)11-7-5-4-6-8-11;17-15-10-12(18-7-4-8-20)16-13(19-15)9-14(21-16)11-5-2-1-3-6-11;1-11(2,3)15-9-4-6(12)10-7(14-9)5-8(13)16-10;8-7(9)6-4-2-1-3-5-6;4-2-1-3-5/h4-6,8-9,12-13,24H,7,10-11H2,1-3H3,(H2,21,22,23);4-10H,1-3H3,(H,19,20);1-3,5-6,9-10,20H,4,7-8H2,(H3,17,18,19);4-5H,1-3H3,(H,14,15);1-5,8-9H;5H,1-4H2. The van der Waals surface area contributed by atoms with Crippen LogP contribution in [-0.2, 0) is 0 Å². The fourth-order valence-electron chi connectivity index (χ4n) is 9.16. The van der Waals surface area contributed by atoms with Gasteiger partial charge in [-0.05, 0) is 201 Å². The molecule has 4 aromatic carbocycles. The smallest absolute Gasteiger partial charge is 0.423 e. The molecule has 0 saturated heterocycles. The third-order valence-electron chi connectivity index (χ3n) is 13.3. The number of aliphatic hydroxyl groups is 3. The molecule has 0 aliphatic rings. The van der Waals surface area contributed by atoms with E-state index in [4.69, 9.17) is 46.8 Å². The van der Waals surface area contributed by atoms with E-state index in [1.54, 1.807) is 69.6 Å². The number of halogens is 3. The number of thiophene rings is 4. The molecule has 12 rings (SSSR count). The molecule has 512 valence electrons. The number of hydrogen-bond donors (Lipinski definition) is 12. The van der Waals surface area contributed by atoms with E-state index in [2.05, 4.69) is 250 Å². The molecule has 0 spiro atoms. The summed E-state index contributed by atoms with van der Waals surface area (Å²) in [5, 5.41) is 60.1. The number of nitrogen functional groups attached to an aromatic ring is 1. The van der Waals surface area contributed by atoms with E-state index in [1.807, 2.05) is 48.5 Å². The maximum atomic E-state index is 9.06. The number of benzene rings is 4. The Bertz CT molecular complexity index is 4360. The number of nitrogens with zero attached hydrogens (tertiary/aromatic N) is 4. The van der Waals surface area contributed by atoms with Gasteiger partial charge in [0.05, 0.1) is 55.1 Å². The highest BCUT2D eigenvalue weighted by molar-refractivity contribution is 14.1. The number of aromatic nitrogens is 4. The first-order valence-electron chi connectivity index (χ1n) is 31.7. The van der Waals surface area contributed by atoms with Crippen LogP contribution >= 0.6 is 99.8 Å². The van der Waals surface area contributed by atoms with Gasteiger partial charge in [-0.25, -0.2) is 19.9 Å². The lowest BCUT2D eigenvalue weighted by atomic mass is 9.81. The van der Waals surface area contributed by atoms with Gasteiger partial charge >= 0.3 is 7.12 Å². The van der Waals surface area contributed by atoms with Gasteiger partial charge in [-0.3, -0.25) is 0 Å². The Hall–Kier alpha value is -6.37. The van der Waals surface area contributed by atoms with E-state index in [-0.39, 0.29) is 36.4 Å². The van der Waals surface area contributed by atoms with Crippen molar-refractivity contribution in [3.05, 3.63) is 182 Å². The lowest BCUT2D eigenvalue weighted by Gasteiger charge is -2.22. The Morgan fingerprint density at radius 1 is 0.443 bits per heavy atom. The maximum absolute atomic E-state index is 9.06. The third-order valence-corrected chi connectivity index (χ3v) is 20.6. The molecule has 12 aromatic rings. The summed E-state index contributed by atoms with van der Waals surface area (Å²) in [7, 11) is -1.34. The van der Waals surface area contributed by atoms with Gasteiger partial charge in [-0.2, -0.15) is 0 Å². The molecule has 0 bridgehead atoms. The molecule has 16 nitrogen and oxygen atoms in total. The van der Waals surface area contributed by atoms with Crippen molar-refractivity contribution in [1.82, 2.24) is 19.9 Å². The molecule has 0 aliphatic heterocycles. The maximum Gasteiger partial charge on any atom is 0.488 e. The van der Waals surface area contributed by atoms with E-state index in [0.29, 0.717) is 30.8 Å². The summed E-state index contributed by atoms with van der Waals surface area (Å²) in [6.07, 6.45) is 2.16. The zero-order chi connectivity index (χ0) is 70.3. The van der Waals surface area contributed by atoms with Crippen LogP contribution in [0.15, 0.2) is 179 Å². The summed E-state index contributed by atoms with van der Waals surface area (Å²) >= 11 is 16.6. The van der Waals surface area contributed by atoms with Crippen molar-refractivity contribution >= 4 is 188 Å². The first kappa shape index (κ1) is 78.0. The van der Waals surface area contributed by atoms with Crippen molar-refractivity contribution in [3.63, 3.8) is 0 Å². The monoisotopic (exact) mass is 1620 g/mol. The van der Waals surface area contributed by atoms with Crippen LogP contribution in [-0.4, -0.2) is 108 Å². The lowest BCUT2D eigenvalue weighted by Crippen LogP contribution is -2.29. The van der Waals surface area contributed by atoms with Crippen LogP contribution in [0, 0.1) is 2.88 Å². The Morgan fingerprint density at radius 3 is 1.14 bits per heavy atom. The Balaban J connectivity index is 0.000000172. The van der Waals surface area contributed by atoms with Crippen LogP contribution in [0.5, 0.6) is 0 Å². The number of aliphatic hydroxyl groups excluding tert-OH is 3. The highest BCUT2D eigenvalue weighted by atomic mass is 127. The second-order valence-electron chi connectivity index (χ2n) is 25.2. The Labute approximate surface area is 616 Å². The number of nitrogens with two attached hydrogens (primary N) is 2. The number of pyridine rings is 4. The van der Waals surface area contributed by atoms with Crippen molar-refractivity contribution in [2.75, 3.05) is 71.8 Å². The van der Waals surface area contributed by atoms with E-state index in [0.717, 1.165) is 88.6 Å². The topological polar surface area (TPSA) is 265 Å². The van der Waals surface area contributed by atoms with Gasteiger partial charge in [0.25, 0.3) is 0 Å². The fourth-order valence-corrected chi connectivity index (χ4v) is 15.4. The number of nitrogens with one attached hydrogen (secondary N) is 5. The van der Waals surface area contributed by atoms with Gasteiger partial charge in [0, 0.05) is 85.2 Å². The fraction of sp³-hybridized carbons (Fsp3) is 0.288. The third kappa shape index (κ3) is 25.4. The lowest BCUT2D eigenvalue weighted by molar-refractivity contribution is 0.291. The zero-order valence-electron chi connectivity index (χ0n) is 56.1. The average molecular weight is 1620 g/mol. The van der Waals surface area contributed by atoms with Gasteiger partial charge in [-0.1, -0.05) is 121 Å². The molecule has 0 saturated carbocycles. The largest absolute Gasteiger partial charge is 0.488 e. The first-order valence-corrected chi connectivity index (χ1v) is 37.6. The van der Waals surface area contributed by atoms with E-state index in [1.165, 1.54) is 43.6 Å². The molecule has 0 atom stereocenters. The molecule has 0 radical (unpaired) electrons. The number of rotatable bonds is 17. The van der Waals surface area contributed by atoms with E-state index in [9.17, 15) is 0 Å². The molecule has 0 fully saturated rings. The van der Waals surface area contributed by atoms with Crippen LogP contribution < -0.4 is 43.5 Å². The molecule has 0 amide bonds. The molecule has 14 N–H and O–H groups in total. The van der Waals surface area contributed by atoms with Crippen LogP contribution in [0.1, 0.15) is 81.6 Å².